The van der Waals surface area contributed by atoms with Crippen molar-refractivity contribution in [2.24, 2.45) is 5.92 Å². The van der Waals surface area contributed by atoms with E-state index in [1.807, 2.05) is 0 Å². The minimum absolute atomic E-state index is 0.233. The van der Waals surface area contributed by atoms with Gasteiger partial charge in [0.15, 0.2) is 0 Å². The molecule has 4 nitrogen and oxygen atoms in total. The van der Waals surface area contributed by atoms with Crippen molar-refractivity contribution in [3.63, 3.8) is 0 Å². The van der Waals surface area contributed by atoms with Crippen LogP contribution in [-0.2, 0) is 4.79 Å². The summed E-state index contributed by atoms with van der Waals surface area (Å²) in [5.74, 6) is 0.892. The van der Waals surface area contributed by atoms with Crippen LogP contribution in [-0.4, -0.2) is 50.1 Å². The predicted molar refractivity (Wildman–Crippen MR) is 73.5 cm³/mol. The molecule has 2 fully saturated rings. The molecular weight excluding hydrogens is 226 g/mol. The molecular formula is C14H27N3O. The zero-order valence-electron chi connectivity index (χ0n) is 11.6. The Labute approximate surface area is 110 Å². The molecule has 0 aromatic rings. The first-order chi connectivity index (χ1) is 8.74. The maximum Gasteiger partial charge on any atom is 0.220 e. The topological polar surface area (TPSA) is 44.4 Å². The van der Waals surface area contributed by atoms with Gasteiger partial charge in [0.25, 0.3) is 0 Å². The molecule has 0 aromatic heterocycles. The average molecular weight is 253 g/mol. The number of rotatable bonds is 5. The average Bonchev–Trinajstić information content (AvgIpc) is 2.81. The lowest BCUT2D eigenvalue weighted by Gasteiger charge is -2.23. The van der Waals surface area contributed by atoms with E-state index in [1.165, 1.54) is 32.2 Å². The smallest absolute Gasteiger partial charge is 0.220 e. The molecule has 4 heteroatoms. The van der Waals surface area contributed by atoms with Gasteiger partial charge in [0, 0.05) is 25.6 Å². The molecule has 18 heavy (non-hydrogen) atoms. The molecule has 0 aliphatic carbocycles. The zero-order valence-corrected chi connectivity index (χ0v) is 11.6. The van der Waals surface area contributed by atoms with Crippen LogP contribution in [0.4, 0.5) is 0 Å². The number of likely N-dealkylation sites (tertiary alicyclic amines) is 1. The second kappa shape index (κ2) is 7.10. The van der Waals surface area contributed by atoms with E-state index >= 15 is 0 Å². The van der Waals surface area contributed by atoms with Crippen LogP contribution in [0.1, 0.15) is 38.5 Å². The van der Waals surface area contributed by atoms with Crippen LogP contribution >= 0.6 is 0 Å². The van der Waals surface area contributed by atoms with Gasteiger partial charge in [-0.2, -0.15) is 0 Å². The highest BCUT2D eigenvalue weighted by Gasteiger charge is 2.20. The molecule has 2 rings (SSSR count). The lowest BCUT2D eigenvalue weighted by Crippen LogP contribution is -2.36. The van der Waals surface area contributed by atoms with Crippen molar-refractivity contribution in [1.29, 1.82) is 0 Å². The summed E-state index contributed by atoms with van der Waals surface area (Å²) < 4.78 is 0. The summed E-state index contributed by atoms with van der Waals surface area (Å²) >= 11 is 0. The van der Waals surface area contributed by atoms with Gasteiger partial charge in [-0.05, 0) is 51.7 Å². The van der Waals surface area contributed by atoms with Crippen molar-refractivity contribution in [1.82, 2.24) is 15.5 Å². The van der Waals surface area contributed by atoms with E-state index in [0.29, 0.717) is 18.4 Å². The van der Waals surface area contributed by atoms with Crippen molar-refractivity contribution in [3.05, 3.63) is 0 Å². The van der Waals surface area contributed by atoms with Gasteiger partial charge >= 0.3 is 0 Å². The molecule has 0 spiro atoms. The number of piperidine rings is 1. The molecule has 2 heterocycles. The summed E-state index contributed by atoms with van der Waals surface area (Å²) in [6, 6.07) is 0.571. The fourth-order valence-electron chi connectivity index (χ4n) is 3.02. The van der Waals surface area contributed by atoms with E-state index in [1.54, 1.807) is 0 Å². The highest BCUT2D eigenvalue weighted by Crippen LogP contribution is 2.14. The normalized spacial score (nSPS) is 29.4. The van der Waals surface area contributed by atoms with Crippen molar-refractivity contribution >= 4 is 5.91 Å². The number of carbonyl (C=O) groups excluding carboxylic acids is 1. The lowest BCUT2D eigenvalue weighted by molar-refractivity contribution is -0.121. The van der Waals surface area contributed by atoms with Gasteiger partial charge in [-0.15, -0.1) is 0 Å². The Hall–Kier alpha value is -0.610. The van der Waals surface area contributed by atoms with E-state index < -0.39 is 0 Å². The highest BCUT2D eigenvalue weighted by atomic mass is 16.1. The van der Waals surface area contributed by atoms with Gasteiger partial charge in [0.2, 0.25) is 5.91 Å². The molecule has 2 atom stereocenters. The first-order valence-corrected chi connectivity index (χ1v) is 7.42. The van der Waals surface area contributed by atoms with Crippen molar-refractivity contribution in [2.45, 2.75) is 44.6 Å². The number of hydrogen-bond acceptors (Lipinski definition) is 3. The molecule has 2 N–H and O–H groups in total. The maximum absolute atomic E-state index is 11.8. The number of nitrogens with one attached hydrogen (secondary N) is 2. The van der Waals surface area contributed by atoms with Gasteiger partial charge in [0.05, 0.1) is 0 Å². The van der Waals surface area contributed by atoms with Gasteiger partial charge in [-0.3, -0.25) is 4.79 Å². The third-order valence-electron chi connectivity index (χ3n) is 4.21. The van der Waals surface area contributed by atoms with E-state index in [9.17, 15) is 4.79 Å². The standard InChI is InChI=1S/C14H27N3O/c1-17-9-7-12(11-17)10-16-14(18)6-5-13-4-2-3-8-15-13/h12-13,15H,2-11H2,1H3,(H,16,18). The SMILES string of the molecule is CN1CCC(CNC(=O)CCC2CCCCN2)C1. The van der Waals surface area contributed by atoms with Crippen LogP contribution in [0, 0.1) is 5.92 Å². The molecule has 0 radical (unpaired) electrons. The number of amides is 1. The van der Waals surface area contributed by atoms with Gasteiger partial charge in [-0.25, -0.2) is 0 Å². The Morgan fingerprint density at radius 3 is 2.94 bits per heavy atom. The van der Waals surface area contributed by atoms with Crippen LogP contribution in [0.15, 0.2) is 0 Å². The molecule has 2 saturated heterocycles. The summed E-state index contributed by atoms with van der Waals surface area (Å²) in [4.78, 5) is 14.1. The summed E-state index contributed by atoms with van der Waals surface area (Å²) in [7, 11) is 2.15. The third kappa shape index (κ3) is 4.58. The van der Waals surface area contributed by atoms with Gasteiger partial charge in [0.1, 0.15) is 0 Å². The minimum atomic E-state index is 0.233. The summed E-state index contributed by atoms with van der Waals surface area (Å²) in [5, 5.41) is 6.58. The largest absolute Gasteiger partial charge is 0.356 e. The summed E-state index contributed by atoms with van der Waals surface area (Å²) in [6.07, 6.45) is 6.74. The minimum Gasteiger partial charge on any atom is -0.356 e. The zero-order chi connectivity index (χ0) is 12.8. The van der Waals surface area contributed by atoms with Crippen LogP contribution < -0.4 is 10.6 Å². The molecule has 2 aliphatic heterocycles. The van der Waals surface area contributed by atoms with Crippen molar-refractivity contribution in [3.8, 4) is 0 Å². The predicted octanol–water partition coefficient (Wildman–Crippen LogP) is 0.977. The first-order valence-electron chi connectivity index (χ1n) is 7.42. The van der Waals surface area contributed by atoms with Gasteiger partial charge < -0.3 is 15.5 Å². The Kier molecular flexibility index (Phi) is 5.45. The monoisotopic (exact) mass is 253 g/mol. The summed E-state index contributed by atoms with van der Waals surface area (Å²) in [6.45, 7) is 4.29. The van der Waals surface area contributed by atoms with E-state index in [-0.39, 0.29) is 5.91 Å². The lowest BCUT2D eigenvalue weighted by atomic mass is 10.0. The third-order valence-corrected chi connectivity index (χ3v) is 4.21. The summed E-state index contributed by atoms with van der Waals surface area (Å²) in [5.41, 5.74) is 0. The van der Waals surface area contributed by atoms with Gasteiger partial charge in [-0.1, -0.05) is 6.42 Å². The highest BCUT2D eigenvalue weighted by molar-refractivity contribution is 5.75. The Morgan fingerprint density at radius 2 is 2.28 bits per heavy atom. The number of nitrogens with zero attached hydrogens (tertiary/aromatic N) is 1. The van der Waals surface area contributed by atoms with Crippen LogP contribution in [0.2, 0.25) is 0 Å². The number of hydrogen-bond donors (Lipinski definition) is 2. The molecule has 1 amide bonds. The first kappa shape index (κ1) is 13.8. The van der Waals surface area contributed by atoms with E-state index in [4.69, 9.17) is 0 Å². The fraction of sp³-hybridized carbons (Fsp3) is 0.929. The fourth-order valence-corrected chi connectivity index (χ4v) is 3.02. The van der Waals surface area contributed by atoms with Crippen molar-refractivity contribution in [2.75, 3.05) is 33.2 Å². The van der Waals surface area contributed by atoms with Crippen LogP contribution in [0.5, 0.6) is 0 Å². The second-order valence-corrected chi connectivity index (χ2v) is 5.91. The Morgan fingerprint density at radius 1 is 1.39 bits per heavy atom. The Bertz CT molecular complexity index is 253. The molecule has 0 bridgehead atoms. The molecule has 0 saturated carbocycles. The van der Waals surface area contributed by atoms with Crippen LogP contribution in [0.25, 0.3) is 0 Å². The number of carbonyl (C=O) groups is 1. The quantitative estimate of drug-likeness (QED) is 0.767. The second-order valence-electron chi connectivity index (χ2n) is 5.91. The van der Waals surface area contributed by atoms with E-state index in [2.05, 4.69) is 22.6 Å². The molecule has 0 aromatic carbocycles. The van der Waals surface area contributed by atoms with Crippen molar-refractivity contribution < 1.29 is 4.79 Å². The van der Waals surface area contributed by atoms with E-state index in [0.717, 1.165) is 26.1 Å². The maximum atomic E-state index is 11.8. The van der Waals surface area contributed by atoms with Crippen LogP contribution in [0.3, 0.4) is 0 Å². The molecule has 2 aliphatic rings. The molecule has 104 valence electrons. The Balaban J connectivity index is 1.54. The molecule has 2 unspecified atom stereocenters.